The van der Waals surface area contributed by atoms with Crippen molar-refractivity contribution in [3.05, 3.63) is 0 Å². The average molecular weight is 597 g/mol. The van der Waals surface area contributed by atoms with E-state index in [1.165, 1.54) is 38.5 Å². The van der Waals surface area contributed by atoms with E-state index in [2.05, 4.69) is 0 Å². The molecule has 1 fully saturated rings. The van der Waals surface area contributed by atoms with Crippen LogP contribution in [0.5, 0.6) is 0 Å². The molecule has 11 heavy (non-hydrogen) atoms. The van der Waals surface area contributed by atoms with Gasteiger partial charge < -0.3 is 71.9 Å². The molecule has 0 spiro atoms. The predicted octanol–water partition coefficient (Wildman–Crippen LogP) is -6.69. The first kappa shape index (κ1) is 19.5. The topological polar surface area (TPSA) is 0 Å². The van der Waals surface area contributed by atoms with Crippen molar-refractivity contribution >= 4 is 22.5 Å². The van der Waals surface area contributed by atoms with Gasteiger partial charge in [0.1, 0.15) is 0 Å². The molecule has 0 heterocycles. The maximum atomic E-state index is 1.78. The van der Waals surface area contributed by atoms with Crippen LogP contribution in [0.2, 0.25) is 3.93 Å². The standard InChI is InChI=1S/C7H13.3HI.Sn/c1-2-4-6-7-5-3-1;;;;/h1H,2-7H2;3*1H;/q;;;;+3/p-3. The monoisotopic (exact) mass is 598 g/mol. The Morgan fingerprint density at radius 3 is 1.45 bits per heavy atom. The minimum atomic E-state index is 0. The van der Waals surface area contributed by atoms with Crippen molar-refractivity contribution in [2.24, 2.45) is 0 Å². The van der Waals surface area contributed by atoms with Crippen molar-refractivity contribution < 1.29 is 71.9 Å². The third-order valence-corrected chi connectivity index (χ3v) is 3.50. The molecule has 0 N–H and O–H groups in total. The molecule has 0 atom stereocenters. The van der Waals surface area contributed by atoms with Crippen LogP contribution in [0, 0.1) is 0 Å². The summed E-state index contributed by atoms with van der Waals surface area (Å²) < 4.78 is 1.12. The predicted molar refractivity (Wildman–Crippen MR) is 37.2 cm³/mol. The Kier molecular flexibility index (Phi) is 23.1. The number of hydrogen-bond acceptors (Lipinski definition) is 0. The summed E-state index contributed by atoms with van der Waals surface area (Å²) >= 11 is 1.78. The fourth-order valence-electron chi connectivity index (χ4n) is 1.28. The van der Waals surface area contributed by atoms with Crippen LogP contribution in [-0.4, -0.2) is 22.5 Å². The van der Waals surface area contributed by atoms with Crippen molar-refractivity contribution in [2.45, 2.75) is 42.5 Å². The van der Waals surface area contributed by atoms with Gasteiger partial charge in [-0.1, -0.05) is 0 Å². The molecule has 0 aromatic carbocycles. The van der Waals surface area contributed by atoms with Gasteiger partial charge in [-0.2, -0.15) is 0 Å². The fourth-order valence-corrected chi connectivity index (χ4v) is 2.44. The SMILES string of the molecule is [I-].[I-].[I-].[Sn+3][CH]1CCCCCC1. The molecule has 0 aromatic rings. The molecule has 1 aliphatic rings. The summed E-state index contributed by atoms with van der Waals surface area (Å²) in [6, 6.07) is 0. The third-order valence-electron chi connectivity index (χ3n) is 1.86. The summed E-state index contributed by atoms with van der Waals surface area (Å²) in [6.07, 6.45) is 9.08. The Labute approximate surface area is 135 Å². The molecule has 0 amide bonds. The van der Waals surface area contributed by atoms with Crippen LogP contribution in [0.3, 0.4) is 0 Å². The number of hydrogen-bond donors (Lipinski definition) is 0. The van der Waals surface area contributed by atoms with Crippen LogP contribution in [0.4, 0.5) is 0 Å². The number of rotatable bonds is 0. The van der Waals surface area contributed by atoms with E-state index in [1.54, 1.807) is 22.5 Å². The number of halogens is 3. The van der Waals surface area contributed by atoms with Gasteiger partial charge in [0.2, 0.25) is 0 Å². The third kappa shape index (κ3) is 10.9. The van der Waals surface area contributed by atoms with E-state index in [0.29, 0.717) is 0 Å². The first-order valence-corrected chi connectivity index (χ1v) is 5.25. The first-order valence-electron chi connectivity index (χ1n) is 3.61. The quantitative estimate of drug-likeness (QED) is 0.148. The van der Waals surface area contributed by atoms with Crippen molar-refractivity contribution in [2.75, 3.05) is 0 Å². The summed E-state index contributed by atoms with van der Waals surface area (Å²) in [7, 11) is 0. The normalized spacial score (nSPS) is 18.4. The summed E-state index contributed by atoms with van der Waals surface area (Å²) in [5, 5.41) is 0. The van der Waals surface area contributed by atoms with Crippen LogP contribution in [0.25, 0.3) is 0 Å². The summed E-state index contributed by atoms with van der Waals surface area (Å²) in [5.41, 5.74) is 0. The van der Waals surface area contributed by atoms with E-state index in [4.69, 9.17) is 0 Å². The molecule has 66 valence electrons. The van der Waals surface area contributed by atoms with Gasteiger partial charge in [0.25, 0.3) is 0 Å². The molecule has 0 radical (unpaired) electrons. The second-order valence-electron chi connectivity index (χ2n) is 2.69. The van der Waals surface area contributed by atoms with Gasteiger partial charge in [-0.3, -0.25) is 0 Å². The van der Waals surface area contributed by atoms with Gasteiger partial charge in [0.05, 0.1) is 0 Å². The van der Waals surface area contributed by atoms with Crippen LogP contribution in [-0.2, 0) is 0 Å². The average Bonchev–Trinajstić information content (AvgIpc) is 1.94. The van der Waals surface area contributed by atoms with E-state index >= 15 is 0 Å². The molecule has 1 rings (SSSR count). The van der Waals surface area contributed by atoms with Gasteiger partial charge >= 0.3 is 65.0 Å². The van der Waals surface area contributed by atoms with E-state index in [9.17, 15) is 0 Å². The van der Waals surface area contributed by atoms with Gasteiger partial charge in [0.15, 0.2) is 0 Å². The second-order valence-corrected chi connectivity index (χ2v) is 5.02. The van der Waals surface area contributed by atoms with E-state index < -0.39 is 0 Å². The van der Waals surface area contributed by atoms with E-state index in [0.717, 1.165) is 3.93 Å². The van der Waals surface area contributed by atoms with Crippen molar-refractivity contribution in [1.29, 1.82) is 0 Å². The first-order chi connectivity index (χ1) is 3.89. The Bertz CT molecular complexity index is 62.7. The zero-order valence-corrected chi connectivity index (χ0v) is 15.8. The van der Waals surface area contributed by atoms with Crippen molar-refractivity contribution in [3.63, 3.8) is 0 Å². The van der Waals surface area contributed by atoms with E-state index in [1.807, 2.05) is 0 Å². The molecule has 1 aliphatic carbocycles. The Morgan fingerprint density at radius 1 is 0.727 bits per heavy atom. The maximum absolute atomic E-state index is 1.78. The molecule has 0 saturated heterocycles. The van der Waals surface area contributed by atoms with Gasteiger partial charge in [0, 0.05) is 0 Å². The van der Waals surface area contributed by atoms with Crippen molar-refractivity contribution in [3.8, 4) is 0 Å². The van der Waals surface area contributed by atoms with Crippen molar-refractivity contribution in [1.82, 2.24) is 0 Å². The molecule has 4 heteroatoms. The molecule has 1 saturated carbocycles. The van der Waals surface area contributed by atoms with Crippen LogP contribution < -0.4 is 71.9 Å². The van der Waals surface area contributed by atoms with Crippen LogP contribution >= 0.6 is 0 Å². The summed E-state index contributed by atoms with van der Waals surface area (Å²) in [4.78, 5) is 0. The van der Waals surface area contributed by atoms with Gasteiger partial charge in [-0.25, -0.2) is 0 Å². The Morgan fingerprint density at radius 2 is 1.09 bits per heavy atom. The molecule has 0 bridgehead atoms. The van der Waals surface area contributed by atoms with Gasteiger partial charge in [-0.15, -0.1) is 0 Å². The second kappa shape index (κ2) is 13.0. The van der Waals surface area contributed by atoms with Gasteiger partial charge in [-0.05, 0) is 0 Å². The minimum absolute atomic E-state index is 0. The Hall–Kier alpha value is 2.99. The molecule has 0 nitrogen and oxygen atoms in total. The zero-order chi connectivity index (χ0) is 5.82. The summed E-state index contributed by atoms with van der Waals surface area (Å²) in [5.74, 6) is 0. The summed E-state index contributed by atoms with van der Waals surface area (Å²) in [6.45, 7) is 0. The molecular weight excluding hydrogens is 583 g/mol. The Balaban J connectivity index is -0.000000213. The zero-order valence-electron chi connectivity index (χ0n) is 6.45. The van der Waals surface area contributed by atoms with Crippen LogP contribution in [0.1, 0.15) is 38.5 Å². The molecule has 0 aliphatic heterocycles. The molecular formula is C7H13I3Sn. The van der Waals surface area contributed by atoms with Crippen LogP contribution in [0.15, 0.2) is 0 Å². The fraction of sp³-hybridized carbons (Fsp3) is 1.00. The molecule has 0 aromatic heterocycles. The van der Waals surface area contributed by atoms with E-state index in [-0.39, 0.29) is 71.9 Å². The molecule has 0 unspecified atom stereocenters.